The molecule has 1 aliphatic heterocycles. The van der Waals surface area contributed by atoms with E-state index in [1.165, 1.54) is 11.4 Å². The summed E-state index contributed by atoms with van der Waals surface area (Å²) in [6.07, 6.45) is 0.149. The van der Waals surface area contributed by atoms with Gasteiger partial charge in [0.05, 0.1) is 17.7 Å². The van der Waals surface area contributed by atoms with Gasteiger partial charge in [-0.1, -0.05) is 15.9 Å². The van der Waals surface area contributed by atoms with Crippen molar-refractivity contribution in [2.75, 3.05) is 18.0 Å². The van der Waals surface area contributed by atoms with E-state index in [1.54, 1.807) is 42.5 Å². The highest BCUT2D eigenvalue weighted by atomic mass is 79.9. The SMILES string of the molecule is COc1ccc2c(c1)C(=O)CCN2S(=O)(=O)c1ccc(Br)cc1. The quantitative estimate of drug-likeness (QED) is 0.799. The first-order chi connectivity index (χ1) is 10.9. The zero-order valence-electron chi connectivity index (χ0n) is 12.3. The number of carbonyl (C=O) groups excluding carboxylic acids is 1. The van der Waals surface area contributed by atoms with E-state index in [0.29, 0.717) is 17.0 Å². The number of ether oxygens (including phenoxy) is 1. The Hall–Kier alpha value is -1.86. The van der Waals surface area contributed by atoms with Gasteiger partial charge in [0.2, 0.25) is 0 Å². The monoisotopic (exact) mass is 395 g/mol. The summed E-state index contributed by atoms with van der Waals surface area (Å²) in [7, 11) is -2.21. The standard InChI is InChI=1S/C16H14BrNO4S/c1-22-12-4-7-15-14(10-12)16(19)8-9-18(15)23(20,21)13-5-2-11(17)3-6-13/h2-7,10H,8-9H2,1H3. The van der Waals surface area contributed by atoms with Gasteiger partial charge in [-0.25, -0.2) is 8.42 Å². The lowest BCUT2D eigenvalue weighted by molar-refractivity contribution is 0.0981. The number of ketones is 1. The second-order valence-corrected chi connectivity index (χ2v) is 7.87. The molecule has 120 valence electrons. The third kappa shape index (κ3) is 2.86. The topological polar surface area (TPSA) is 63.7 Å². The maximum absolute atomic E-state index is 12.9. The number of anilines is 1. The van der Waals surface area contributed by atoms with Crippen molar-refractivity contribution in [3.63, 3.8) is 0 Å². The molecule has 0 spiro atoms. The highest BCUT2D eigenvalue weighted by molar-refractivity contribution is 9.10. The minimum absolute atomic E-state index is 0.0823. The number of nitrogens with zero attached hydrogens (tertiary/aromatic N) is 1. The lowest BCUT2D eigenvalue weighted by Gasteiger charge is -2.30. The summed E-state index contributed by atoms with van der Waals surface area (Å²) in [4.78, 5) is 12.3. The molecule has 7 heteroatoms. The summed E-state index contributed by atoms with van der Waals surface area (Å²) in [6, 6.07) is 11.3. The molecular formula is C16H14BrNO4S. The van der Waals surface area contributed by atoms with Crippen molar-refractivity contribution in [1.29, 1.82) is 0 Å². The van der Waals surface area contributed by atoms with Crippen LogP contribution in [0.2, 0.25) is 0 Å². The minimum Gasteiger partial charge on any atom is -0.497 e. The number of methoxy groups -OCH3 is 1. The van der Waals surface area contributed by atoms with Crippen LogP contribution in [0.4, 0.5) is 5.69 Å². The number of benzene rings is 2. The molecule has 0 aliphatic carbocycles. The number of fused-ring (bicyclic) bond motifs is 1. The van der Waals surface area contributed by atoms with Gasteiger partial charge in [-0.2, -0.15) is 0 Å². The van der Waals surface area contributed by atoms with Crippen LogP contribution in [0.3, 0.4) is 0 Å². The number of carbonyl (C=O) groups is 1. The molecule has 2 aromatic rings. The van der Waals surface area contributed by atoms with Crippen LogP contribution in [0, 0.1) is 0 Å². The highest BCUT2D eigenvalue weighted by Gasteiger charge is 2.32. The fourth-order valence-corrected chi connectivity index (χ4v) is 4.27. The smallest absolute Gasteiger partial charge is 0.264 e. The van der Waals surface area contributed by atoms with Crippen LogP contribution in [0.5, 0.6) is 5.75 Å². The zero-order chi connectivity index (χ0) is 16.6. The van der Waals surface area contributed by atoms with E-state index in [1.807, 2.05) is 0 Å². The van der Waals surface area contributed by atoms with Crippen LogP contribution in [0.15, 0.2) is 51.8 Å². The Balaban J connectivity index is 2.10. The molecule has 5 nitrogen and oxygen atoms in total. The Morgan fingerprint density at radius 1 is 1.13 bits per heavy atom. The van der Waals surface area contributed by atoms with Crippen molar-refractivity contribution < 1.29 is 17.9 Å². The minimum atomic E-state index is -3.72. The van der Waals surface area contributed by atoms with Gasteiger partial charge >= 0.3 is 0 Å². The summed E-state index contributed by atoms with van der Waals surface area (Å²) >= 11 is 3.29. The van der Waals surface area contributed by atoms with Gasteiger partial charge in [-0.15, -0.1) is 0 Å². The first kappa shape index (κ1) is 16.0. The van der Waals surface area contributed by atoms with E-state index >= 15 is 0 Å². The summed E-state index contributed by atoms with van der Waals surface area (Å²) in [5.41, 5.74) is 0.765. The number of rotatable bonds is 3. The van der Waals surface area contributed by atoms with Gasteiger partial charge in [-0.3, -0.25) is 9.10 Å². The molecule has 0 saturated heterocycles. The van der Waals surface area contributed by atoms with Gasteiger partial charge < -0.3 is 4.74 Å². The molecule has 0 fully saturated rings. The van der Waals surface area contributed by atoms with Gasteiger partial charge in [0.15, 0.2) is 5.78 Å². The predicted octanol–water partition coefficient (Wildman–Crippen LogP) is 3.24. The van der Waals surface area contributed by atoms with Gasteiger partial charge in [-0.05, 0) is 42.5 Å². The molecule has 1 aliphatic rings. The molecule has 0 unspecified atom stereocenters. The Labute approximate surface area is 143 Å². The highest BCUT2D eigenvalue weighted by Crippen LogP contribution is 2.34. The molecule has 0 amide bonds. The predicted molar refractivity (Wildman–Crippen MR) is 90.6 cm³/mol. The first-order valence-electron chi connectivity index (χ1n) is 6.93. The number of sulfonamides is 1. The normalized spacial score (nSPS) is 14.5. The summed E-state index contributed by atoms with van der Waals surface area (Å²) < 4.78 is 33.0. The molecular weight excluding hydrogens is 382 g/mol. The largest absolute Gasteiger partial charge is 0.497 e. The number of hydrogen-bond acceptors (Lipinski definition) is 4. The molecule has 23 heavy (non-hydrogen) atoms. The Morgan fingerprint density at radius 3 is 2.48 bits per heavy atom. The maximum Gasteiger partial charge on any atom is 0.264 e. The molecule has 0 atom stereocenters. The molecule has 3 rings (SSSR count). The van der Waals surface area contributed by atoms with Crippen LogP contribution in [0.25, 0.3) is 0 Å². The zero-order valence-corrected chi connectivity index (χ0v) is 14.7. The van der Waals surface area contributed by atoms with E-state index in [2.05, 4.69) is 15.9 Å². The molecule has 1 heterocycles. The Bertz CT molecular complexity index is 862. The summed E-state index contributed by atoms with van der Waals surface area (Å²) in [5.74, 6) is 0.446. The second-order valence-electron chi connectivity index (χ2n) is 5.09. The van der Waals surface area contributed by atoms with Crippen molar-refractivity contribution in [3.8, 4) is 5.75 Å². The van der Waals surface area contributed by atoms with E-state index in [4.69, 9.17) is 4.74 Å². The Kier molecular flexibility index (Phi) is 4.16. The lowest BCUT2D eigenvalue weighted by Crippen LogP contribution is -2.37. The van der Waals surface area contributed by atoms with Gasteiger partial charge in [0.1, 0.15) is 5.75 Å². The molecule has 0 N–H and O–H groups in total. The van der Waals surface area contributed by atoms with Crippen LogP contribution < -0.4 is 9.04 Å². The van der Waals surface area contributed by atoms with Gasteiger partial charge in [0.25, 0.3) is 10.0 Å². The van der Waals surface area contributed by atoms with Crippen molar-refractivity contribution in [3.05, 3.63) is 52.5 Å². The van der Waals surface area contributed by atoms with E-state index in [0.717, 1.165) is 4.47 Å². The van der Waals surface area contributed by atoms with E-state index < -0.39 is 10.0 Å². The van der Waals surface area contributed by atoms with E-state index in [9.17, 15) is 13.2 Å². The van der Waals surface area contributed by atoms with Crippen molar-refractivity contribution in [2.24, 2.45) is 0 Å². The third-order valence-electron chi connectivity index (χ3n) is 3.72. The van der Waals surface area contributed by atoms with Crippen molar-refractivity contribution in [1.82, 2.24) is 0 Å². The number of hydrogen-bond donors (Lipinski definition) is 0. The van der Waals surface area contributed by atoms with Crippen LogP contribution >= 0.6 is 15.9 Å². The fraction of sp³-hybridized carbons (Fsp3) is 0.188. The van der Waals surface area contributed by atoms with Crippen LogP contribution in [-0.4, -0.2) is 27.9 Å². The fourth-order valence-electron chi connectivity index (χ4n) is 2.52. The van der Waals surface area contributed by atoms with E-state index in [-0.39, 0.29) is 23.6 Å². The molecule has 0 saturated carbocycles. The average Bonchev–Trinajstić information content (AvgIpc) is 2.55. The number of halogens is 1. The van der Waals surface area contributed by atoms with Crippen LogP contribution in [-0.2, 0) is 10.0 Å². The molecule has 0 radical (unpaired) electrons. The maximum atomic E-state index is 12.9. The molecule has 0 bridgehead atoms. The lowest BCUT2D eigenvalue weighted by atomic mass is 10.0. The van der Waals surface area contributed by atoms with Crippen molar-refractivity contribution in [2.45, 2.75) is 11.3 Å². The summed E-state index contributed by atoms with van der Waals surface area (Å²) in [5, 5.41) is 0. The number of Topliss-reactive ketones (excluding diaryl/α,β-unsaturated/α-hetero) is 1. The average molecular weight is 396 g/mol. The molecule has 2 aromatic carbocycles. The Morgan fingerprint density at radius 2 is 1.83 bits per heavy atom. The first-order valence-corrected chi connectivity index (χ1v) is 9.16. The van der Waals surface area contributed by atoms with Crippen LogP contribution in [0.1, 0.15) is 16.8 Å². The third-order valence-corrected chi connectivity index (χ3v) is 6.07. The second kappa shape index (κ2) is 5.98. The van der Waals surface area contributed by atoms with Crippen molar-refractivity contribution >= 4 is 37.4 Å². The molecule has 0 aromatic heterocycles. The van der Waals surface area contributed by atoms with Gasteiger partial charge in [0, 0.05) is 23.0 Å². The summed E-state index contributed by atoms with van der Waals surface area (Å²) in [6.45, 7) is 0.135.